The molecule has 2 aromatic rings. The van der Waals surface area contributed by atoms with Crippen LogP contribution in [-0.4, -0.2) is 21.1 Å². The molecule has 3 rings (SSSR count). The van der Waals surface area contributed by atoms with E-state index in [-0.39, 0.29) is 0 Å². The Balaban J connectivity index is 2.13. The Morgan fingerprint density at radius 2 is 1.84 bits per heavy atom. The predicted molar refractivity (Wildman–Crippen MR) is 73.0 cm³/mol. The van der Waals surface area contributed by atoms with Crippen LogP contribution in [0.1, 0.15) is 5.56 Å². The van der Waals surface area contributed by atoms with Crippen molar-refractivity contribution in [3.05, 3.63) is 42.0 Å². The average Bonchev–Trinajstić information content (AvgIpc) is 2.46. The summed E-state index contributed by atoms with van der Waals surface area (Å²) in [6, 6.07) is 13.2. The van der Waals surface area contributed by atoms with Crippen LogP contribution in [0.2, 0.25) is 0 Å². The summed E-state index contributed by atoms with van der Waals surface area (Å²) in [5.74, 6) is 1.44. The normalized spacial score (nSPS) is 12.8. The monoisotopic (exact) mass is 247 g/mol. The Kier molecular flexibility index (Phi) is 2.89. The summed E-state index contributed by atoms with van der Waals surface area (Å²) < 4.78 is 11.0. The number of hydrogen-bond acceptors (Lipinski definition) is 3. The van der Waals surface area contributed by atoms with Gasteiger partial charge in [0.15, 0.2) is 11.5 Å². The molecule has 19 heavy (non-hydrogen) atoms. The Morgan fingerprint density at radius 1 is 1.05 bits per heavy atom. The average molecular weight is 247 g/mol. The van der Waals surface area contributed by atoms with Crippen LogP contribution in [0.5, 0.6) is 11.5 Å². The molecule has 1 heterocycles. The lowest BCUT2D eigenvalue weighted by atomic mass is 9.86. The van der Waals surface area contributed by atoms with E-state index in [1.165, 1.54) is 0 Å². The van der Waals surface area contributed by atoms with E-state index in [0.29, 0.717) is 30.0 Å². The van der Waals surface area contributed by atoms with Crippen LogP contribution in [0.4, 0.5) is 0 Å². The minimum atomic E-state index is 0.481. The summed E-state index contributed by atoms with van der Waals surface area (Å²) in [4.78, 5) is 0. The molecule has 0 spiro atoms. The summed E-state index contributed by atoms with van der Waals surface area (Å²) in [6.07, 6.45) is 0. The number of fused-ring (bicyclic) bond motifs is 1. The summed E-state index contributed by atoms with van der Waals surface area (Å²) >= 11 is 0. The van der Waals surface area contributed by atoms with Gasteiger partial charge >= 0.3 is 0 Å². The van der Waals surface area contributed by atoms with E-state index >= 15 is 0 Å². The summed E-state index contributed by atoms with van der Waals surface area (Å²) in [7, 11) is 5.83. The van der Waals surface area contributed by atoms with Crippen LogP contribution in [0.3, 0.4) is 0 Å². The molecule has 4 heteroatoms. The van der Waals surface area contributed by atoms with Crippen LogP contribution in [-0.2, 0) is 0 Å². The van der Waals surface area contributed by atoms with Gasteiger partial charge in [-0.15, -0.1) is 0 Å². The van der Waals surface area contributed by atoms with E-state index in [1.807, 2.05) is 30.3 Å². The molecule has 0 aliphatic carbocycles. The highest BCUT2D eigenvalue weighted by atomic mass is 16.6. The molecule has 0 N–H and O–H groups in total. The maximum Gasteiger partial charge on any atom is 0.161 e. The van der Waals surface area contributed by atoms with Crippen molar-refractivity contribution in [1.82, 2.24) is 0 Å². The fourth-order valence-electron chi connectivity index (χ4n) is 2.15. The van der Waals surface area contributed by atoms with Crippen molar-refractivity contribution < 1.29 is 9.47 Å². The predicted octanol–water partition coefficient (Wildman–Crippen LogP) is 1.79. The lowest BCUT2D eigenvalue weighted by Gasteiger charge is -2.19. The van der Waals surface area contributed by atoms with Gasteiger partial charge in [-0.25, -0.2) is 0 Å². The van der Waals surface area contributed by atoms with Crippen molar-refractivity contribution in [1.29, 1.82) is 5.26 Å². The minimum absolute atomic E-state index is 0.481. The third-order valence-corrected chi connectivity index (χ3v) is 3.06. The van der Waals surface area contributed by atoms with Gasteiger partial charge in [0.2, 0.25) is 0 Å². The first-order valence-corrected chi connectivity index (χ1v) is 5.98. The van der Waals surface area contributed by atoms with E-state index in [0.717, 1.165) is 16.9 Å². The lowest BCUT2D eigenvalue weighted by molar-refractivity contribution is 0.171. The van der Waals surface area contributed by atoms with Crippen molar-refractivity contribution in [2.45, 2.75) is 0 Å². The number of benzene rings is 2. The molecule has 2 aromatic carbocycles. The third kappa shape index (κ3) is 2.04. The molecule has 0 bridgehead atoms. The molecule has 0 atom stereocenters. The van der Waals surface area contributed by atoms with E-state index in [1.54, 1.807) is 6.07 Å². The zero-order chi connectivity index (χ0) is 13.2. The summed E-state index contributed by atoms with van der Waals surface area (Å²) in [5, 5.41) is 9.21. The van der Waals surface area contributed by atoms with Gasteiger partial charge in [-0.1, -0.05) is 29.7 Å². The molecule has 1 aliphatic rings. The van der Waals surface area contributed by atoms with Gasteiger partial charge in [0.1, 0.15) is 21.1 Å². The number of rotatable bonds is 1. The molecule has 0 amide bonds. The van der Waals surface area contributed by atoms with Crippen LogP contribution < -0.4 is 14.9 Å². The van der Waals surface area contributed by atoms with Gasteiger partial charge in [-0.3, -0.25) is 0 Å². The third-order valence-electron chi connectivity index (χ3n) is 3.06. The Morgan fingerprint density at radius 3 is 2.63 bits per heavy atom. The van der Waals surface area contributed by atoms with Crippen molar-refractivity contribution >= 4 is 13.3 Å². The van der Waals surface area contributed by atoms with E-state index in [9.17, 15) is 5.26 Å². The van der Waals surface area contributed by atoms with Crippen molar-refractivity contribution in [3.8, 4) is 28.7 Å². The van der Waals surface area contributed by atoms with Crippen LogP contribution >= 0.6 is 0 Å². The van der Waals surface area contributed by atoms with Crippen LogP contribution in [0, 0.1) is 11.3 Å². The van der Waals surface area contributed by atoms with Crippen molar-refractivity contribution in [2.75, 3.05) is 13.2 Å². The highest BCUT2D eigenvalue weighted by molar-refractivity contribution is 6.34. The molecule has 0 saturated heterocycles. The van der Waals surface area contributed by atoms with E-state index < -0.39 is 0 Å². The van der Waals surface area contributed by atoms with Gasteiger partial charge < -0.3 is 9.47 Å². The van der Waals surface area contributed by atoms with Crippen molar-refractivity contribution in [3.63, 3.8) is 0 Å². The summed E-state index contributed by atoms with van der Waals surface area (Å²) in [6.45, 7) is 1.10. The molecular weight excluding hydrogens is 237 g/mol. The van der Waals surface area contributed by atoms with Gasteiger partial charge in [-0.05, 0) is 23.3 Å². The fourth-order valence-corrected chi connectivity index (χ4v) is 2.15. The molecule has 1 aliphatic heterocycles. The van der Waals surface area contributed by atoms with Gasteiger partial charge in [0.25, 0.3) is 0 Å². The largest absolute Gasteiger partial charge is 0.486 e. The molecule has 90 valence electrons. The molecule has 0 fully saturated rings. The zero-order valence-corrected chi connectivity index (χ0v) is 10.2. The molecule has 0 saturated carbocycles. The molecule has 3 nitrogen and oxygen atoms in total. The first-order valence-electron chi connectivity index (χ1n) is 5.98. The number of hydrogen-bond donors (Lipinski definition) is 0. The number of nitrogens with zero attached hydrogens (tertiary/aromatic N) is 1. The quantitative estimate of drug-likeness (QED) is 0.721. The summed E-state index contributed by atoms with van der Waals surface area (Å²) in [5.41, 5.74) is 2.67. The molecule has 0 unspecified atom stereocenters. The molecular formula is C15H10BNO2. The second-order valence-corrected chi connectivity index (χ2v) is 4.24. The van der Waals surface area contributed by atoms with Gasteiger partial charge in [-0.2, -0.15) is 5.26 Å². The highest BCUT2D eigenvalue weighted by Gasteiger charge is 2.14. The Labute approximate surface area is 112 Å². The second-order valence-electron chi connectivity index (χ2n) is 4.24. The highest BCUT2D eigenvalue weighted by Crippen LogP contribution is 2.35. The van der Waals surface area contributed by atoms with Crippen molar-refractivity contribution in [2.24, 2.45) is 0 Å². The molecule has 0 aromatic heterocycles. The van der Waals surface area contributed by atoms with Crippen LogP contribution in [0.25, 0.3) is 11.1 Å². The number of ether oxygens (including phenoxy) is 2. The molecule has 2 radical (unpaired) electrons. The first kappa shape index (κ1) is 11.7. The number of nitriles is 1. The maximum atomic E-state index is 9.21. The zero-order valence-electron chi connectivity index (χ0n) is 10.2. The Bertz CT molecular complexity index is 676. The standard InChI is InChI=1S/C15H10BNO2/c16-13-3-1-2-11(12(13)9-17)10-4-5-14-15(8-10)19-7-6-18-14/h1-5,8H,6-7H2. The smallest absolute Gasteiger partial charge is 0.161 e. The topological polar surface area (TPSA) is 42.2 Å². The van der Waals surface area contributed by atoms with Crippen LogP contribution in [0.15, 0.2) is 36.4 Å². The lowest BCUT2D eigenvalue weighted by Crippen LogP contribution is -2.15. The maximum absolute atomic E-state index is 9.21. The minimum Gasteiger partial charge on any atom is -0.486 e. The SMILES string of the molecule is [B]c1cccc(-c2ccc3c(c2)OCCO3)c1C#N. The van der Waals surface area contributed by atoms with Gasteiger partial charge in [0.05, 0.1) is 11.6 Å². The second kappa shape index (κ2) is 4.70. The Hall–Kier alpha value is -2.41. The van der Waals surface area contributed by atoms with E-state index in [2.05, 4.69) is 6.07 Å². The first-order chi connectivity index (χ1) is 9.29. The fraction of sp³-hybridized carbons (Fsp3) is 0.133. The van der Waals surface area contributed by atoms with Gasteiger partial charge in [0, 0.05) is 0 Å². The van der Waals surface area contributed by atoms with E-state index in [4.69, 9.17) is 17.3 Å².